The van der Waals surface area contributed by atoms with Gasteiger partial charge in [0.1, 0.15) is 12.3 Å². The minimum atomic E-state index is -0.140. The van der Waals surface area contributed by atoms with Crippen LogP contribution in [0.15, 0.2) is 53.1 Å². The van der Waals surface area contributed by atoms with E-state index in [1.54, 1.807) is 28.2 Å². The molecule has 0 unspecified atom stereocenters. The number of carbonyl (C=O) groups is 2. The average Bonchev–Trinajstić information content (AvgIpc) is 3.39. The van der Waals surface area contributed by atoms with Crippen LogP contribution in [0.3, 0.4) is 0 Å². The molecule has 2 heterocycles. The van der Waals surface area contributed by atoms with Gasteiger partial charge < -0.3 is 19.0 Å². The fourth-order valence-electron chi connectivity index (χ4n) is 3.36. The molecule has 0 radical (unpaired) electrons. The highest BCUT2D eigenvalue weighted by Crippen LogP contribution is 2.17. The molecule has 1 aromatic heterocycles. The molecule has 28 heavy (non-hydrogen) atoms. The molecule has 1 aliphatic rings. The summed E-state index contributed by atoms with van der Waals surface area (Å²) in [7, 11) is 0. The SMILES string of the molecule is CC(C)N(CC(=O)N(Cc1ccco1)C[C@H]1CCCO1)C(=O)c1ccccc1. The van der Waals surface area contributed by atoms with Crippen molar-refractivity contribution < 1.29 is 18.7 Å². The van der Waals surface area contributed by atoms with E-state index in [9.17, 15) is 9.59 Å². The van der Waals surface area contributed by atoms with Crippen LogP contribution in [-0.2, 0) is 16.1 Å². The molecule has 1 aromatic carbocycles. The molecule has 150 valence electrons. The summed E-state index contributed by atoms with van der Waals surface area (Å²) in [5.41, 5.74) is 0.584. The van der Waals surface area contributed by atoms with E-state index in [0.717, 1.165) is 25.2 Å². The van der Waals surface area contributed by atoms with Crippen molar-refractivity contribution in [1.29, 1.82) is 0 Å². The highest BCUT2D eigenvalue weighted by atomic mass is 16.5. The van der Waals surface area contributed by atoms with Gasteiger partial charge in [-0.2, -0.15) is 0 Å². The number of carbonyl (C=O) groups excluding carboxylic acids is 2. The Balaban J connectivity index is 1.72. The van der Waals surface area contributed by atoms with Gasteiger partial charge in [0.15, 0.2) is 0 Å². The molecule has 1 atom stereocenters. The van der Waals surface area contributed by atoms with Crippen LogP contribution in [0.4, 0.5) is 0 Å². The van der Waals surface area contributed by atoms with Crippen LogP contribution >= 0.6 is 0 Å². The van der Waals surface area contributed by atoms with E-state index in [2.05, 4.69) is 0 Å². The third-order valence-corrected chi connectivity index (χ3v) is 4.94. The molecule has 1 saturated heterocycles. The second-order valence-electron chi connectivity index (χ2n) is 7.38. The van der Waals surface area contributed by atoms with Gasteiger partial charge in [-0.25, -0.2) is 0 Å². The summed E-state index contributed by atoms with van der Waals surface area (Å²) in [5.74, 6) is 0.473. The van der Waals surface area contributed by atoms with E-state index in [4.69, 9.17) is 9.15 Å². The Hall–Kier alpha value is -2.60. The molecule has 6 heteroatoms. The fourth-order valence-corrected chi connectivity index (χ4v) is 3.36. The average molecular weight is 384 g/mol. The van der Waals surface area contributed by atoms with Gasteiger partial charge in [0.2, 0.25) is 5.91 Å². The van der Waals surface area contributed by atoms with Crippen LogP contribution < -0.4 is 0 Å². The number of furan rings is 1. The molecule has 3 rings (SSSR count). The molecular formula is C22H28N2O4. The van der Waals surface area contributed by atoms with Gasteiger partial charge in [-0.05, 0) is 51.0 Å². The summed E-state index contributed by atoms with van der Waals surface area (Å²) >= 11 is 0. The lowest BCUT2D eigenvalue weighted by Gasteiger charge is -2.31. The fraction of sp³-hybridized carbons (Fsp3) is 0.455. The van der Waals surface area contributed by atoms with E-state index >= 15 is 0 Å². The van der Waals surface area contributed by atoms with E-state index in [0.29, 0.717) is 18.7 Å². The third kappa shape index (κ3) is 5.23. The molecule has 2 amide bonds. The standard InChI is InChI=1S/C22H28N2O4/c1-17(2)24(22(26)18-8-4-3-5-9-18)16-21(25)23(14-19-10-6-12-27-19)15-20-11-7-13-28-20/h3-6,8-10,12,17,20H,7,11,13-16H2,1-2H3/t20-/m1/s1. The van der Waals surface area contributed by atoms with E-state index < -0.39 is 0 Å². The van der Waals surface area contributed by atoms with Crippen molar-refractivity contribution in [2.45, 2.75) is 45.4 Å². The summed E-state index contributed by atoms with van der Waals surface area (Å²) < 4.78 is 11.1. The van der Waals surface area contributed by atoms with Gasteiger partial charge in [-0.3, -0.25) is 9.59 Å². The monoisotopic (exact) mass is 384 g/mol. The maximum absolute atomic E-state index is 13.1. The Kier molecular flexibility index (Phi) is 6.87. The molecule has 0 N–H and O–H groups in total. The normalized spacial score (nSPS) is 16.3. The van der Waals surface area contributed by atoms with Crippen molar-refractivity contribution in [3.8, 4) is 0 Å². The topological polar surface area (TPSA) is 63.0 Å². The van der Waals surface area contributed by atoms with Crippen molar-refractivity contribution in [3.63, 3.8) is 0 Å². The van der Waals surface area contributed by atoms with Gasteiger partial charge >= 0.3 is 0 Å². The third-order valence-electron chi connectivity index (χ3n) is 4.94. The minimum absolute atomic E-state index is 0.0266. The number of benzene rings is 1. The Bertz CT molecular complexity index is 752. The molecule has 1 aliphatic heterocycles. The molecule has 6 nitrogen and oxygen atoms in total. The molecule has 0 bridgehead atoms. The van der Waals surface area contributed by atoms with E-state index in [1.807, 2.05) is 44.2 Å². The Morgan fingerprint density at radius 2 is 1.93 bits per heavy atom. The summed E-state index contributed by atoms with van der Waals surface area (Å²) in [6.07, 6.45) is 3.59. The van der Waals surface area contributed by atoms with E-state index in [-0.39, 0.29) is 30.5 Å². The number of amides is 2. The zero-order valence-electron chi connectivity index (χ0n) is 16.5. The summed E-state index contributed by atoms with van der Waals surface area (Å²) in [4.78, 5) is 29.4. The largest absolute Gasteiger partial charge is 0.467 e. The summed E-state index contributed by atoms with van der Waals surface area (Å²) in [6, 6.07) is 12.6. The second-order valence-corrected chi connectivity index (χ2v) is 7.38. The minimum Gasteiger partial charge on any atom is -0.467 e. The molecule has 0 saturated carbocycles. The van der Waals surface area contributed by atoms with E-state index in [1.165, 1.54) is 0 Å². The van der Waals surface area contributed by atoms with Crippen LogP contribution in [0.2, 0.25) is 0 Å². The predicted octanol–water partition coefficient (Wildman–Crippen LogP) is 3.34. The highest BCUT2D eigenvalue weighted by molar-refractivity contribution is 5.96. The number of hydrogen-bond donors (Lipinski definition) is 0. The Morgan fingerprint density at radius 3 is 2.54 bits per heavy atom. The van der Waals surface area contributed by atoms with Crippen molar-refractivity contribution in [2.75, 3.05) is 19.7 Å². The van der Waals surface area contributed by atoms with Crippen molar-refractivity contribution in [2.24, 2.45) is 0 Å². The first-order valence-corrected chi connectivity index (χ1v) is 9.82. The van der Waals surface area contributed by atoms with Crippen molar-refractivity contribution >= 4 is 11.8 Å². The second kappa shape index (κ2) is 9.55. The first kappa shape index (κ1) is 20.1. The van der Waals surface area contributed by atoms with Gasteiger partial charge in [-0.15, -0.1) is 0 Å². The lowest BCUT2D eigenvalue weighted by molar-refractivity contribution is -0.134. The molecule has 0 aliphatic carbocycles. The highest BCUT2D eigenvalue weighted by Gasteiger charge is 2.27. The van der Waals surface area contributed by atoms with Crippen LogP contribution in [-0.4, -0.2) is 53.5 Å². The molecule has 1 fully saturated rings. The number of rotatable bonds is 8. The maximum atomic E-state index is 13.1. The van der Waals surface area contributed by atoms with Crippen molar-refractivity contribution in [1.82, 2.24) is 9.80 Å². The number of hydrogen-bond acceptors (Lipinski definition) is 4. The molecule has 0 spiro atoms. The maximum Gasteiger partial charge on any atom is 0.254 e. The quantitative estimate of drug-likeness (QED) is 0.700. The summed E-state index contributed by atoms with van der Waals surface area (Å²) in [6.45, 7) is 5.48. The predicted molar refractivity (Wildman–Crippen MR) is 106 cm³/mol. The number of nitrogens with zero attached hydrogens (tertiary/aromatic N) is 2. The van der Waals surface area contributed by atoms with Crippen LogP contribution in [0, 0.1) is 0 Å². The van der Waals surface area contributed by atoms with Gasteiger partial charge in [-0.1, -0.05) is 18.2 Å². The lowest BCUT2D eigenvalue weighted by Crippen LogP contribution is -2.47. The van der Waals surface area contributed by atoms with Crippen molar-refractivity contribution in [3.05, 3.63) is 60.1 Å². The van der Waals surface area contributed by atoms with Gasteiger partial charge in [0.05, 0.1) is 18.9 Å². The zero-order chi connectivity index (χ0) is 19.9. The smallest absolute Gasteiger partial charge is 0.254 e. The first-order chi connectivity index (χ1) is 13.5. The van der Waals surface area contributed by atoms with Gasteiger partial charge in [0.25, 0.3) is 5.91 Å². The van der Waals surface area contributed by atoms with Crippen LogP contribution in [0.5, 0.6) is 0 Å². The Morgan fingerprint density at radius 1 is 1.14 bits per heavy atom. The summed E-state index contributed by atoms with van der Waals surface area (Å²) in [5, 5.41) is 0. The molecular weight excluding hydrogens is 356 g/mol. The van der Waals surface area contributed by atoms with Gasteiger partial charge in [0, 0.05) is 24.8 Å². The zero-order valence-corrected chi connectivity index (χ0v) is 16.5. The molecule has 2 aromatic rings. The number of ether oxygens (including phenoxy) is 1. The Labute approximate surface area is 166 Å². The first-order valence-electron chi connectivity index (χ1n) is 9.82. The van der Waals surface area contributed by atoms with Crippen LogP contribution in [0.1, 0.15) is 42.8 Å². The lowest BCUT2D eigenvalue weighted by atomic mass is 10.1. The van der Waals surface area contributed by atoms with Crippen LogP contribution in [0.25, 0.3) is 0 Å².